The zero-order chi connectivity index (χ0) is 13.3. The minimum Gasteiger partial charge on any atom is -0.496 e. The number of hydrogen-bond acceptors (Lipinski definition) is 3. The Bertz CT molecular complexity index is 602. The summed E-state index contributed by atoms with van der Waals surface area (Å²) in [5, 5.41) is 0.737. The maximum atomic E-state index is 6.29. The molecule has 0 aliphatic heterocycles. The molecule has 1 aromatic heterocycles. The third-order valence-electron chi connectivity index (χ3n) is 2.75. The maximum Gasteiger partial charge on any atom is 0.197 e. The molecule has 1 aromatic carbocycles. The van der Waals surface area contributed by atoms with Gasteiger partial charge in [0.25, 0.3) is 0 Å². The van der Waals surface area contributed by atoms with E-state index in [2.05, 4.69) is 25.9 Å². The lowest BCUT2D eigenvalue weighted by atomic mass is 10.0. The lowest BCUT2D eigenvalue weighted by Gasteiger charge is -2.14. The number of halogens is 2. The van der Waals surface area contributed by atoms with Crippen molar-refractivity contribution in [1.29, 1.82) is 0 Å². The van der Waals surface area contributed by atoms with Gasteiger partial charge in [0.2, 0.25) is 0 Å². The van der Waals surface area contributed by atoms with Gasteiger partial charge in [-0.2, -0.15) is 0 Å². The van der Waals surface area contributed by atoms with Crippen LogP contribution >= 0.6 is 27.5 Å². The molecule has 0 amide bonds. The van der Waals surface area contributed by atoms with Gasteiger partial charge in [0.15, 0.2) is 4.73 Å². The highest BCUT2D eigenvalue weighted by Gasteiger charge is 2.15. The predicted molar refractivity (Wildman–Crippen MR) is 76.2 cm³/mol. The normalized spacial score (nSPS) is 10.5. The first-order valence-corrected chi connectivity index (χ1v) is 6.54. The fourth-order valence-corrected chi connectivity index (χ4v) is 2.33. The van der Waals surface area contributed by atoms with Crippen molar-refractivity contribution in [1.82, 2.24) is 9.97 Å². The van der Waals surface area contributed by atoms with E-state index in [0.29, 0.717) is 4.73 Å². The topological polar surface area (TPSA) is 35.0 Å². The van der Waals surface area contributed by atoms with Crippen molar-refractivity contribution in [3.8, 4) is 17.0 Å². The van der Waals surface area contributed by atoms with Gasteiger partial charge in [0.1, 0.15) is 5.75 Å². The molecule has 0 unspecified atom stereocenters. The van der Waals surface area contributed by atoms with Gasteiger partial charge in [-0.25, -0.2) is 9.97 Å². The van der Waals surface area contributed by atoms with Crippen LogP contribution in [0.15, 0.2) is 23.1 Å². The summed E-state index contributed by atoms with van der Waals surface area (Å²) in [6.07, 6.45) is 1.69. The lowest BCUT2D eigenvalue weighted by molar-refractivity contribution is 0.415. The van der Waals surface area contributed by atoms with E-state index in [1.54, 1.807) is 13.3 Å². The van der Waals surface area contributed by atoms with E-state index in [1.807, 2.05) is 26.0 Å². The molecule has 94 valence electrons. The van der Waals surface area contributed by atoms with Crippen LogP contribution in [0.5, 0.6) is 5.75 Å². The molecule has 0 spiro atoms. The van der Waals surface area contributed by atoms with E-state index < -0.39 is 0 Å². The van der Waals surface area contributed by atoms with Crippen LogP contribution < -0.4 is 4.74 Å². The molecule has 0 bridgehead atoms. The maximum absolute atomic E-state index is 6.29. The molecular weight excluding hydrogens is 316 g/mol. The lowest BCUT2D eigenvalue weighted by Crippen LogP contribution is -1.96. The number of rotatable bonds is 2. The molecule has 2 aromatic rings. The molecule has 1 heterocycles. The van der Waals surface area contributed by atoms with Gasteiger partial charge >= 0.3 is 0 Å². The third kappa shape index (κ3) is 2.35. The van der Waals surface area contributed by atoms with Gasteiger partial charge in [-0.15, -0.1) is 0 Å². The van der Waals surface area contributed by atoms with Gasteiger partial charge in [-0.05, 0) is 53.0 Å². The van der Waals surface area contributed by atoms with Crippen molar-refractivity contribution in [3.05, 3.63) is 39.2 Å². The van der Waals surface area contributed by atoms with Gasteiger partial charge in [0, 0.05) is 16.8 Å². The summed E-state index contributed by atoms with van der Waals surface area (Å²) in [7, 11) is 1.64. The molecule has 5 heteroatoms. The number of nitrogens with zero attached hydrogens (tertiary/aromatic N) is 2. The SMILES string of the molecule is COc1cc(C)c(Cl)c(C)c1-c1ccnc(Br)n1. The number of methoxy groups -OCH3 is 1. The minimum atomic E-state index is 0.540. The quantitative estimate of drug-likeness (QED) is 0.776. The minimum absolute atomic E-state index is 0.540. The van der Waals surface area contributed by atoms with Crippen molar-refractivity contribution in [2.24, 2.45) is 0 Å². The van der Waals surface area contributed by atoms with Crippen LogP contribution in [0.25, 0.3) is 11.3 Å². The van der Waals surface area contributed by atoms with Crippen LogP contribution in [-0.2, 0) is 0 Å². The smallest absolute Gasteiger partial charge is 0.197 e. The molecule has 0 saturated heterocycles. The fourth-order valence-electron chi connectivity index (χ4n) is 1.88. The van der Waals surface area contributed by atoms with E-state index in [4.69, 9.17) is 16.3 Å². The molecule has 3 nitrogen and oxygen atoms in total. The Balaban J connectivity index is 2.73. The number of ether oxygens (including phenoxy) is 1. The van der Waals surface area contributed by atoms with Crippen molar-refractivity contribution in [3.63, 3.8) is 0 Å². The highest BCUT2D eigenvalue weighted by Crippen LogP contribution is 2.38. The zero-order valence-corrected chi connectivity index (χ0v) is 12.6. The van der Waals surface area contributed by atoms with E-state index in [9.17, 15) is 0 Å². The van der Waals surface area contributed by atoms with Crippen molar-refractivity contribution in [2.45, 2.75) is 13.8 Å². The Morgan fingerprint density at radius 3 is 2.67 bits per heavy atom. The molecular formula is C13H12BrClN2O. The Morgan fingerprint density at radius 1 is 1.33 bits per heavy atom. The molecule has 0 fully saturated rings. The number of aryl methyl sites for hydroxylation is 1. The molecule has 0 atom stereocenters. The number of aromatic nitrogens is 2. The summed E-state index contributed by atoms with van der Waals surface area (Å²) in [5.41, 5.74) is 3.63. The summed E-state index contributed by atoms with van der Waals surface area (Å²) in [6.45, 7) is 3.92. The average Bonchev–Trinajstić information content (AvgIpc) is 2.35. The first kappa shape index (κ1) is 13.3. The largest absolute Gasteiger partial charge is 0.496 e. The highest BCUT2D eigenvalue weighted by atomic mass is 79.9. The molecule has 0 radical (unpaired) electrons. The Labute approximate surface area is 119 Å². The van der Waals surface area contributed by atoms with Crippen LogP contribution in [0, 0.1) is 13.8 Å². The van der Waals surface area contributed by atoms with Gasteiger partial charge in [0.05, 0.1) is 12.8 Å². The van der Waals surface area contributed by atoms with Crippen LogP contribution in [0.2, 0.25) is 5.02 Å². The Morgan fingerprint density at radius 2 is 2.06 bits per heavy atom. The second kappa shape index (κ2) is 5.24. The first-order valence-electron chi connectivity index (χ1n) is 5.37. The second-order valence-corrected chi connectivity index (χ2v) is 5.01. The number of benzene rings is 1. The number of hydrogen-bond donors (Lipinski definition) is 0. The average molecular weight is 328 g/mol. The van der Waals surface area contributed by atoms with Crippen molar-refractivity contribution in [2.75, 3.05) is 7.11 Å². The third-order valence-corrected chi connectivity index (χ3v) is 3.71. The van der Waals surface area contributed by atoms with E-state index in [1.165, 1.54) is 0 Å². The molecule has 0 aliphatic carbocycles. The summed E-state index contributed by atoms with van der Waals surface area (Å²) in [4.78, 5) is 8.37. The highest BCUT2D eigenvalue weighted by molar-refractivity contribution is 9.10. The first-order chi connectivity index (χ1) is 8.54. The van der Waals surface area contributed by atoms with Crippen LogP contribution in [-0.4, -0.2) is 17.1 Å². The van der Waals surface area contributed by atoms with Crippen molar-refractivity contribution < 1.29 is 4.74 Å². The van der Waals surface area contributed by atoms with Crippen LogP contribution in [0.4, 0.5) is 0 Å². The molecule has 2 rings (SSSR count). The summed E-state index contributed by atoms with van der Waals surface area (Å²) < 4.78 is 5.96. The standard InChI is InChI=1S/C13H12BrClN2O/c1-7-6-10(18-3)11(8(2)12(7)15)9-4-5-16-13(14)17-9/h4-6H,1-3H3. The molecule has 0 aliphatic rings. The molecule has 0 saturated carbocycles. The van der Waals surface area contributed by atoms with E-state index >= 15 is 0 Å². The summed E-state index contributed by atoms with van der Waals surface area (Å²) >= 11 is 9.56. The monoisotopic (exact) mass is 326 g/mol. The zero-order valence-electron chi connectivity index (χ0n) is 10.3. The van der Waals surface area contributed by atoms with Crippen LogP contribution in [0.3, 0.4) is 0 Å². The summed E-state index contributed by atoms with van der Waals surface area (Å²) in [6, 6.07) is 3.75. The molecule has 0 N–H and O–H groups in total. The summed E-state index contributed by atoms with van der Waals surface area (Å²) in [5.74, 6) is 0.764. The van der Waals surface area contributed by atoms with E-state index in [0.717, 1.165) is 33.2 Å². The Hall–Kier alpha value is -1.13. The second-order valence-electron chi connectivity index (χ2n) is 3.92. The van der Waals surface area contributed by atoms with Gasteiger partial charge < -0.3 is 4.74 Å². The van der Waals surface area contributed by atoms with Crippen molar-refractivity contribution >= 4 is 27.5 Å². The van der Waals surface area contributed by atoms with E-state index in [-0.39, 0.29) is 0 Å². The Kier molecular flexibility index (Phi) is 3.88. The van der Waals surface area contributed by atoms with Crippen LogP contribution in [0.1, 0.15) is 11.1 Å². The fraction of sp³-hybridized carbons (Fsp3) is 0.231. The van der Waals surface area contributed by atoms with Gasteiger partial charge in [-0.1, -0.05) is 11.6 Å². The van der Waals surface area contributed by atoms with Gasteiger partial charge in [-0.3, -0.25) is 0 Å². The predicted octanol–water partition coefficient (Wildman–Crippen LogP) is 4.18. The molecule has 18 heavy (non-hydrogen) atoms.